The predicted molar refractivity (Wildman–Crippen MR) is 99.1 cm³/mol. The Morgan fingerprint density at radius 2 is 2.00 bits per heavy atom. The lowest BCUT2D eigenvalue weighted by molar-refractivity contribution is 0.153. The molecule has 0 aliphatic carbocycles. The zero-order valence-corrected chi connectivity index (χ0v) is 15.7. The first-order chi connectivity index (χ1) is 11.0. The summed E-state index contributed by atoms with van der Waals surface area (Å²) in [7, 11) is 0. The van der Waals surface area contributed by atoms with Crippen LogP contribution in [0, 0.1) is 0 Å². The molecule has 0 aromatic carbocycles. The Morgan fingerprint density at radius 3 is 2.57 bits per heavy atom. The van der Waals surface area contributed by atoms with Crippen LogP contribution in [0.2, 0.25) is 0 Å². The molecular formula is C18H36N4O. The molecule has 134 valence electrons. The SMILES string of the molecule is CCNC(=NCCN(C(C)C)C(C)C)NCCC1=CCOCC1. The van der Waals surface area contributed by atoms with Crippen molar-refractivity contribution in [2.24, 2.45) is 4.99 Å². The van der Waals surface area contributed by atoms with Crippen LogP contribution in [0.5, 0.6) is 0 Å². The second-order valence-corrected chi connectivity index (χ2v) is 6.55. The highest BCUT2D eigenvalue weighted by atomic mass is 16.5. The molecule has 0 spiro atoms. The van der Waals surface area contributed by atoms with E-state index in [0.29, 0.717) is 12.1 Å². The molecule has 2 N–H and O–H groups in total. The summed E-state index contributed by atoms with van der Waals surface area (Å²) in [6.07, 6.45) is 4.34. The second kappa shape index (κ2) is 11.5. The van der Waals surface area contributed by atoms with Crippen LogP contribution in [0.15, 0.2) is 16.6 Å². The van der Waals surface area contributed by atoms with E-state index in [0.717, 1.165) is 58.2 Å². The highest BCUT2D eigenvalue weighted by Crippen LogP contribution is 2.10. The fourth-order valence-corrected chi connectivity index (χ4v) is 2.87. The molecule has 0 amide bonds. The van der Waals surface area contributed by atoms with E-state index in [2.05, 4.69) is 56.2 Å². The van der Waals surface area contributed by atoms with Crippen LogP contribution in [-0.4, -0.2) is 62.3 Å². The van der Waals surface area contributed by atoms with Crippen molar-refractivity contribution in [1.29, 1.82) is 0 Å². The van der Waals surface area contributed by atoms with Gasteiger partial charge in [-0.15, -0.1) is 0 Å². The van der Waals surface area contributed by atoms with E-state index in [1.807, 2.05) is 0 Å². The molecule has 5 heteroatoms. The van der Waals surface area contributed by atoms with Gasteiger partial charge in [-0.3, -0.25) is 9.89 Å². The largest absolute Gasteiger partial charge is 0.377 e. The van der Waals surface area contributed by atoms with Crippen LogP contribution in [0.4, 0.5) is 0 Å². The molecule has 1 heterocycles. The van der Waals surface area contributed by atoms with E-state index >= 15 is 0 Å². The zero-order valence-electron chi connectivity index (χ0n) is 15.7. The van der Waals surface area contributed by atoms with Crippen LogP contribution in [0.1, 0.15) is 47.5 Å². The van der Waals surface area contributed by atoms with Crippen molar-refractivity contribution in [2.75, 3.05) is 39.4 Å². The molecule has 23 heavy (non-hydrogen) atoms. The van der Waals surface area contributed by atoms with Crippen LogP contribution >= 0.6 is 0 Å². The zero-order chi connectivity index (χ0) is 17.1. The number of nitrogens with zero attached hydrogens (tertiary/aromatic N) is 2. The predicted octanol–water partition coefficient (Wildman–Crippen LogP) is 2.40. The highest BCUT2D eigenvalue weighted by Gasteiger charge is 2.12. The van der Waals surface area contributed by atoms with Crippen molar-refractivity contribution < 1.29 is 4.74 Å². The normalized spacial score (nSPS) is 16.2. The molecule has 0 bridgehead atoms. The van der Waals surface area contributed by atoms with Gasteiger partial charge in [0.1, 0.15) is 0 Å². The number of rotatable bonds is 9. The fourth-order valence-electron chi connectivity index (χ4n) is 2.87. The Labute approximate surface area is 142 Å². The molecule has 0 aromatic rings. The van der Waals surface area contributed by atoms with Crippen LogP contribution in [-0.2, 0) is 4.74 Å². The molecule has 5 nitrogen and oxygen atoms in total. The van der Waals surface area contributed by atoms with Gasteiger partial charge in [-0.1, -0.05) is 11.6 Å². The Morgan fingerprint density at radius 1 is 1.26 bits per heavy atom. The summed E-state index contributed by atoms with van der Waals surface area (Å²) >= 11 is 0. The van der Waals surface area contributed by atoms with Crippen molar-refractivity contribution in [3.8, 4) is 0 Å². The Balaban J connectivity index is 2.38. The number of hydrogen-bond donors (Lipinski definition) is 2. The summed E-state index contributed by atoms with van der Waals surface area (Å²) in [6, 6.07) is 1.11. The summed E-state index contributed by atoms with van der Waals surface area (Å²) in [5, 5.41) is 6.77. The average Bonchev–Trinajstić information content (AvgIpc) is 2.51. The smallest absolute Gasteiger partial charge is 0.191 e. The second-order valence-electron chi connectivity index (χ2n) is 6.55. The fraction of sp³-hybridized carbons (Fsp3) is 0.833. The lowest BCUT2D eigenvalue weighted by Crippen LogP contribution is -2.41. The third-order valence-corrected chi connectivity index (χ3v) is 4.09. The Hall–Kier alpha value is -1.07. The first-order valence-electron chi connectivity index (χ1n) is 9.08. The van der Waals surface area contributed by atoms with Gasteiger partial charge in [-0.05, 0) is 47.5 Å². The van der Waals surface area contributed by atoms with Crippen molar-refractivity contribution in [2.45, 2.75) is 59.5 Å². The van der Waals surface area contributed by atoms with Gasteiger partial charge < -0.3 is 15.4 Å². The van der Waals surface area contributed by atoms with Gasteiger partial charge in [-0.25, -0.2) is 0 Å². The lowest BCUT2D eigenvalue weighted by Gasteiger charge is -2.29. The van der Waals surface area contributed by atoms with Gasteiger partial charge in [0.25, 0.3) is 0 Å². The standard InChI is InChI=1S/C18H36N4O/c1-6-19-18(20-10-7-17-8-13-23-14-9-17)21-11-12-22(15(2)3)16(4)5/h8,15-16H,6-7,9-14H2,1-5H3,(H2,19,20,21). The Bertz CT molecular complexity index is 369. The number of aliphatic imine (C=N–C) groups is 1. The van der Waals surface area contributed by atoms with E-state index in [9.17, 15) is 0 Å². The van der Waals surface area contributed by atoms with Crippen molar-refractivity contribution in [3.63, 3.8) is 0 Å². The number of guanidine groups is 1. The van der Waals surface area contributed by atoms with E-state index in [1.54, 1.807) is 0 Å². The van der Waals surface area contributed by atoms with Gasteiger partial charge in [-0.2, -0.15) is 0 Å². The maximum absolute atomic E-state index is 5.34. The number of ether oxygens (including phenoxy) is 1. The van der Waals surface area contributed by atoms with Gasteiger partial charge in [0.2, 0.25) is 0 Å². The molecule has 0 fully saturated rings. The summed E-state index contributed by atoms with van der Waals surface area (Å²) < 4.78 is 5.34. The van der Waals surface area contributed by atoms with Crippen LogP contribution in [0.25, 0.3) is 0 Å². The van der Waals surface area contributed by atoms with Crippen LogP contribution < -0.4 is 10.6 Å². The molecule has 1 aliphatic heterocycles. The Kier molecular flexibility index (Phi) is 9.96. The van der Waals surface area contributed by atoms with Crippen LogP contribution in [0.3, 0.4) is 0 Å². The molecular weight excluding hydrogens is 288 g/mol. The first kappa shape index (κ1) is 20.0. The molecule has 0 radical (unpaired) electrons. The van der Waals surface area contributed by atoms with E-state index < -0.39 is 0 Å². The maximum atomic E-state index is 5.34. The summed E-state index contributed by atoms with van der Waals surface area (Å²) in [4.78, 5) is 7.18. The third-order valence-electron chi connectivity index (χ3n) is 4.09. The van der Waals surface area contributed by atoms with Gasteiger partial charge in [0.05, 0.1) is 19.8 Å². The maximum Gasteiger partial charge on any atom is 0.191 e. The summed E-state index contributed by atoms with van der Waals surface area (Å²) in [5.41, 5.74) is 1.49. The quantitative estimate of drug-likeness (QED) is 0.388. The molecule has 0 saturated carbocycles. The first-order valence-corrected chi connectivity index (χ1v) is 9.08. The minimum Gasteiger partial charge on any atom is -0.377 e. The average molecular weight is 325 g/mol. The monoisotopic (exact) mass is 324 g/mol. The van der Waals surface area contributed by atoms with E-state index in [-0.39, 0.29) is 0 Å². The minimum atomic E-state index is 0.557. The van der Waals surface area contributed by atoms with E-state index in [4.69, 9.17) is 9.73 Å². The van der Waals surface area contributed by atoms with Gasteiger partial charge in [0, 0.05) is 31.7 Å². The molecule has 0 saturated heterocycles. The minimum absolute atomic E-state index is 0.557. The molecule has 0 aromatic heterocycles. The van der Waals surface area contributed by atoms with Crippen molar-refractivity contribution in [3.05, 3.63) is 11.6 Å². The lowest BCUT2D eigenvalue weighted by atomic mass is 10.1. The van der Waals surface area contributed by atoms with E-state index in [1.165, 1.54) is 5.57 Å². The molecule has 1 rings (SSSR count). The highest BCUT2D eigenvalue weighted by molar-refractivity contribution is 5.79. The van der Waals surface area contributed by atoms with Crippen molar-refractivity contribution in [1.82, 2.24) is 15.5 Å². The third kappa shape index (κ3) is 8.37. The van der Waals surface area contributed by atoms with Crippen molar-refractivity contribution >= 4 is 5.96 Å². The molecule has 0 unspecified atom stereocenters. The van der Waals surface area contributed by atoms with Gasteiger partial charge in [0.15, 0.2) is 5.96 Å². The summed E-state index contributed by atoms with van der Waals surface area (Å²) in [5.74, 6) is 0.924. The number of hydrogen-bond acceptors (Lipinski definition) is 3. The number of nitrogens with one attached hydrogen (secondary N) is 2. The summed E-state index contributed by atoms with van der Waals surface area (Å²) in [6.45, 7) is 16.3. The van der Waals surface area contributed by atoms with Gasteiger partial charge >= 0.3 is 0 Å². The molecule has 1 aliphatic rings. The topological polar surface area (TPSA) is 48.9 Å². The molecule has 0 atom stereocenters.